The van der Waals surface area contributed by atoms with E-state index in [1.165, 1.54) is 6.07 Å². The Morgan fingerprint density at radius 3 is 3.25 bits per heavy atom. The van der Waals surface area contributed by atoms with Gasteiger partial charge in [-0.3, -0.25) is 0 Å². The van der Waals surface area contributed by atoms with Crippen LogP contribution in [0.3, 0.4) is 0 Å². The Hall–Kier alpha value is -1.16. The number of nitrogens with one attached hydrogen (secondary N) is 1. The van der Waals surface area contributed by atoms with Crippen molar-refractivity contribution in [2.45, 2.75) is 25.8 Å². The molecule has 0 aromatic carbocycles. The molecule has 1 saturated heterocycles. The maximum Gasteiger partial charge on any atom is 0.165 e. The van der Waals surface area contributed by atoms with E-state index in [0.29, 0.717) is 11.9 Å². The summed E-state index contributed by atoms with van der Waals surface area (Å²) in [6.45, 7) is 4.85. The molecule has 1 aliphatic rings. The predicted molar refractivity (Wildman–Crippen MR) is 63.1 cm³/mol. The lowest BCUT2D eigenvalue weighted by Gasteiger charge is -2.26. The van der Waals surface area contributed by atoms with Crippen molar-refractivity contribution in [3.05, 3.63) is 24.1 Å². The second-order valence-electron chi connectivity index (χ2n) is 4.11. The summed E-state index contributed by atoms with van der Waals surface area (Å²) in [4.78, 5) is 6.22. The summed E-state index contributed by atoms with van der Waals surface area (Å²) in [5.41, 5.74) is 0. The molecule has 0 radical (unpaired) electrons. The molecule has 0 saturated carbocycles. The fourth-order valence-electron chi connectivity index (χ4n) is 2.23. The summed E-state index contributed by atoms with van der Waals surface area (Å²) >= 11 is 0. The summed E-state index contributed by atoms with van der Waals surface area (Å²) in [6.07, 6.45) is 3.89. The zero-order valence-electron chi connectivity index (χ0n) is 9.62. The van der Waals surface area contributed by atoms with Crippen LogP contribution in [0.25, 0.3) is 0 Å². The first-order valence-corrected chi connectivity index (χ1v) is 5.90. The van der Waals surface area contributed by atoms with Gasteiger partial charge in [-0.2, -0.15) is 0 Å². The summed E-state index contributed by atoms with van der Waals surface area (Å²) in [7, 11) is 0. The average Bonchev–Trinajstić information content (AvgIpc) is 2.75. The Morgan fingerprint density at radius 2 is 2.50 bits per heavy atom. The minimum Gasteiger partial charge on any atom is -0.350 e. The molecule has 4 heteroatoms. The minimum absolute atomic E-state index is 0.217. The first-order valence-electron chi connectivity index (χ1n) is 5.90. The van der Waals surface area contributed by atoms with Crippen LogP contribution in [-0.4, -0.2) is 30.7 Å². The van der Waals surface area contributed by atoms with E-state index in [1.807, 2.05) is 0 Å². The van der Waals surface area contributed by atoms with E-state index in [1.54, 1.807) is 12.3 Å². The third-order valence-corrected chi connectivity index (χ3v) is 3.02. The van der Waals surface area contributed by atoms with Crippen molar-refractivity contribution in [1.82, 2.24) is 10.3 Å². The highest BCUT2D eigenvalue weighted by Crippen LogP contribution is 2.25. The van der Waals surface area contributed by atoms with Crippen LogP contribution in [0.5, 0.6) is 0 Å². The van der Waals surface area contributed by atoms with E-state index in [4.69, 9.17) is 0 Å². The zero-order chi connectivity index (χ0) is 11.4. The molecule has 1 unspecified atom stereocenters. The summed E-state index contributed by atoms with van der Waals surface area (Å²) in [5, 5.41) is 3.32. The molecule has 1 aliphatic heterocycles. The molecule has 3 nitrogen and oxygen atoms in total. The molecule has 1 aromatic heterocycles. The van der Waals surface area contributed by atoms with Gasteiger partial charge < -0.3 is 10.2 Å². The van der Waals surface area contributed by atoms with Crippen LogP contribution in [0.15, 0.2) is 18.3 Å². The third-order valence-electron chi connectivity index (χ3n) is 3.02. The lowest BCUT2D eigenvalue weighted by atomic mass is 10.2. The Balaban J connectivity index is 2.10. The van der Waals surface area contributed by atoms with Crippen LogP contribution in [0.2, 0.25) is 0 Å². The minimum atomic E-state index is -0.217. The molecule has 88 valence electrons. The van der Waals surface area contributed by atoms with Crippen LogP contribution in [0.1, 0.15) is 19.8 Å². The van der Waals surface area contributed by atoms with Gasteiger partial charge in [-0.25, -0.2) is 9.37 Å². The molecule has 0 amide bonds. The van der Waals surface area contributed by atoms with E-state index in [9.17, 15) is 4.39 Å². The lowest BCUT2D eigenvalue weighted by molar-refractivity contribution is 0.564. The number of likely N-dealkylation sites (N-methyl/N-ethyl adjacent to an activating group) is 1. The monoisotopic (exact) mass is 223 g/mol. The van der Waals surface area contributed by atoms with Gasteiger partial charge in [0.05, 0.1) is 0 Å². The van der Waals surface area contributed by atoms with Gasteiger partial charge in [-0.05, 0) is 31.5 Å². The first-order chi connectivity index (χ1) is 7.83. The quantitative estimate of drug-likeness (QED) is 0.843. The number of halogens is 1. The Labute approximate surface area is 95.7 Å². The molecular formula is C12H18FN3. The summed E-state index contributed by atoms with van der Waals surface area (Å²) in [6, 6.07) is 3.49. The van der Waals surface area contributed by atoms with E-state index in [0.717, 1.165) is 32.5 Å². The molecule has 1 fully saturated rings. The third kappa shape index (κ3) is 2.32. The van der Waals surface area contributed by atoms with E-state index in [2.05, 4.69) is 22.1 Å². The largest absolute Gasteiger partial charge is 0.350 e. The number of hydrogen-bond donors (Lipinski definition) is 1. The second kappa shape index (κ2) is 5.25. The van der Waals surface area contributed by atoms with Gasteiger partial charge in [0.15, 0.2) is 11.6 Å². The van der Waals surface area contributed by atoms with Crippen molar-refractivity contribution in [1.29, 1.82) is 0 Å². The topological polar surface area (TPSA) is 28.2 Å². The van der Waals surface area contributed by atoms with Crippen molar-refractivity contribution >= 4 is 5.82 Å². The zero-order valence-corrected chi connectivity index (χ0v) is 9.62. The predicted octanol–water partition coefficient (Wildman–Crippen LogP) is 1.80. The van der Waals surface area contributed by atoms with Crippen LogP contribution < -0.4 is 10.2 Å². The van der Waals surface area contributed by atoms with Gasteiger partial charge in [0, 0.05) is 25.3 Å². The van der Waals surface area contributed by atoms with Crippen LogP contribution >= 0.6 is 0 Å². The molecular weight excluding hydrogens is 205 g/mol. The van der Waals surface area contributed by atoms with Gasteiger partial charge in [-0.1, -0.05) is 6.92 Å². The first kappa shape index (κ1) is 11.3. The Morgan fingerprint density at radius 1 is 1.62 bits per heavy atom. The molecule has 0 spiro atoms. The van der Waals surface area contributed by atoms with E-state index >= 15 is 0 Å². The van der Waals surface area contributed by atoms with Crippen LogP contribution in [-0.2, 0) is 0 Å². The number of aromatic nitrogens is 1. The Kier molecular flexibility index (Phi) is 3.72. The normalized spacial score (nSPS) is 20.4. The van der Waals surface area contributed by atoms with Gasteiger partial charge in [0.25, 0.3) is 0 Å². The standard InChI is InChI=1S/C12H18FN3/c1-2-14-9-10-5-4-8-16(10)12-11(13)6-3-7-15-12/h3,6-7,10,14H,2,4-5,8-9H2,1H3. The van der Waals surface area contributed by atoms with Crippen molar-refractivity contribution in [3.8, 4) is 0 Å². The molecule has 0 bridgehead atoms. The lowest BCUT2D eigenvalue weighted by Crippen LogP contribution is -2.38. The highest BCUT2D eigenvalue weighted by Gasteiger charge is 2.26. The highest BCUT2D eigenvalue weighted by atomic mass is 19.1. The number of hydrogen-bond acceptors (Lipinski definition) is 3. The van der Waals surface area contributed by atoms with Gasteiger partial charge in [0.1, 0.15) is 0 Å². The molecule has 2 rings (SSSR count). The van der Waals surface area contributed by atoms with Crippen molar-refractivity contribution < 1.29 is 4.39 Å². The second-order valence-corrected chi connectivity index (χ2v) is 4.11. The van der Waals surface area contributed by atoms with Crippen molar-refractivity contribution in [3.63, 3.8) is 0 Å². The number of rotatable bonds is 4. The molecule has 1 aromatic rings. The van der Waals surface area contributed by atoms with E-state index < -0.39 is 0 Å². The number of pyridine rings is 1. The molecule has 2 heterocycles. The van der Waals surface area contributed by atoms with Gasteiger partial charge in [0.2, 0.25) is 0 Å². The van der Waals surface area contributed by atoms with Crippen molar-refractivity contribution in [2.24, 2.45) is 0 Å². The average molecular weight is 223 g/mol. The van der Waals surface area contributed by atoms with Crippen molar-refractivity contribution in [2.75, 3.05) is 24.5 Å². The fraction of sp³-hybridized carbons (Fsp3) is 0.583. The smallest absolute Gasteiger partial charge is 0.165 e. The summed E-state index contributed by atoms with van der Waals surface area (Å²) < 4.78 is 13.6. The molecule has 0 aliphatic carbocycles. The number of anilines is 1. The van der Waals surface area contributed by atoms with Gasteiger partial charge >= 0.3 is 0 Å². The van der Waals surface area contributed by atoms with E-state index in [-0.39, 0.29) is 5.82 Å². The molecule has 16 heavy (non-hydrogen) atoms. The highest BCUT2D eigenvalue weighted by molar-refractivity contribution is 5.42. The summed E-state index contributed by atoms with van der Waals surface area (Å²) in [5.74, 6) is 0.286. The maximum atomic E-state index is 13.6. The molecule has 1 atom stereocenters. The number of nitrogens with zero attached hydrogens (tertiary/aromatic N) is 2. The molecule has 1 N–H and O–H groups in total. The van der Waals surface area contributed by atoms with Crippen LogP contribution in [0.4, 0.5) is 10.2 Å². The van der Waals surface area contributed by atoms with Crippen LogP contribution in [0, 0.1) is 5.82 Å². The fourth-order valence-corrected chi connectivity index (χ4v) is 2.23. The SMILES string of the molecule is CCNCC1CCCN1c1ncccc1F. The maximum absolute atomic E-state index is 13.6. The Bertz CT molecular complexity index is 343. The van der Waals surface area contributed by atoms with Gasteiger partial charge in [-0.15, -0.1) is 0 Å².